The number of aryl methyl sites for hydroxylation is 1. The highest BCUT2D eigenvalue weighted by Gasteiger charge is 2.30. The van der Waals surface area contributed by atoms with Crippen molar-refractivity contribution < 1.29 is 18.0 Å². The van der Waals surface area contributed by atoms with Crippen LogP contribution in [0.5, 0.6) is 0 Å². The van der Waals surface area contributed by atoms with Crippen LogP contribution in [0.4, 0.5) is 29.3 Å². The van der Waals surface area contributed by atoms with Gasteiger partial charge in [-0.25, -0.2) is 4.79 Å². The highest BCUT2D eigenvalue weighted by Crippen LogP contribution is 2.31. The average Bonchev–Trinajstić information content (AvgIpc) is 3.39. The molecule has 2 aromatic carbocycles. The van der Waals surface area contributed by atoms with Crippen molar-refractivity contribution in [3.63, 3.8) is 0 Å². The molecule has 0 saturated carbocycles. The fourth-order valence-corrected chi connectivity index (χ4v) is 3.23. The van der Waals surface area contributed by atoms with Crippen LogP contribution in [0.25, 0.3) is 22.0 Å². The van der Waals surface area contributed by atoms with Gasteiger partial charge in [-0.2, -0.15) is 23.5 Å². The summed E-state index contributed by atoms with van der Waals surface area (Å²) in [6, 6.07) is 11.4. The first-order chi connectivity index (χ1) is 15.3. The van der Waals surface area contributed by atoms with Gasteiger partial charge in [0.2, 0.25) is 0 Å². The van der Waals surface area contributed by atoms with Gasteiger partial charge in [-0.3, -0.25) is 4.68 Å². The molecule has 0 unspecified atom stereocenters. The van der Waals surface area contributed by atoms with Gasteiger partial charge in [-0.15, -0.1) is 0 Å². The van der Waals surface area contributed by atoms with Gasteiger partial charge in [0, 0.05) is 34.5 Å². The molecule has 32 heavy (non-hydrogen) atoms. The number of hydrogen-bond acceptors (Lipinski definition) is 3. The summed E-state index contributed by atoms with van der Waals surface area (Å²) in [6.07, 6.45) is 1.11. The number of nitrogens with one attached hydrogen (secondary N) is 3. The fraction of sp³-hybridized carbons (Fsp3) is 0.136. The van der Waals surface area contributed by atoms with Crippen molar-refractivity contribution in [1.29, 1.82) is 5.26 Å². The normalized spacial score (nSPS) is 11.3. The molecule has 2 amide bonds. The number of aromatic amines is 1. The average molecular weight is 438 g/mol. The lowest BCUT2D eigenvalue weighted by atomic mass is 10.1. The summed E-state index contributed by atoms with van der Waals surface area (Å²) in [5, 5.41) is 18.9. The van der Waals surface area contributed by atoms with Crippen LogP contribution < -0.4 is 10.6 Å². The number of benzene rings is 2. The summed E-state index contributed by atoms with van der Waals surface area (Å²) in [6.45, 7) is 0.500. The molecule has 0 bridgehead atoms. The van der Waals surface area contributed by atoms with Crippen molar-refractivity contribution in [3.05, 3.63) is 66.6 Å². The Morgan fingerprint density at radius 3 is 2.62 bits per heavy atom. The van der Waals surface area contributed by atoms with Crippen molar-refractivity contribution in [2.24, 2.45) is 0 Å². The lowest BCUT2D eigenvalue weighted by Crippen LogP contribution is -2.19. The molecule has 0 spiro atoms. The Hall–Kier alpha value is -4.26. The second kappa shape index (κ2) is 8.47. The largest absolute Gasteiger partial charge is 0.416 e. The van der Waals surface area contributed by atoms with E-state index in [4.69, 9.17) is 5.26 Å². The lowest BCUT2D eigenvalue weighted by Gasteiger charge is -2.09. The number of alkyl halides is 3. The van der Waals surface area contributed by atoms with Crippen molar-refractivity contribution in [2.45, 2.75) is 19.1 Å². The smallest absolute Gasteiger partial charge is 0.359 e. The highest BCUT2D eigenvalue weighted by atomic mass is 19.4. The van der Waals surface area contributed by atoms with Crippen molar-refractivity contribution in [1.82, 2.24) is 14.8 Å². The number of carbonyl (C=O) groups is 1. The molecule has 0 aliphatic rings. The molecular weight excluding hydrogens is 421 g/mol. The molecule has 0 fully saturated rings. The number of amides is 2. The second-order valence-electron chi connectivity index (χ2n) is 7.02. The minimum absolute atomic E-state index is 0.237. The molecule has 4 rings (SSSR count). The highest BCUT2D eigenvalue weighted by molar-refractivity contribution is 6.06. The summed E-state index contributed by atoms with van der Waals surface area (Å²) >= 11 is 0. The monoisotopic (exact) mass is 438 g/mol. The van der Waals surface area contributed by atoms with E-state index in [9.17, 15) is 18.0 Å². The van der Waals surface area contributed by atoms with E-state index < -0.39 is 17.8 Å². The molecule has 0 aliphatic carbocycles. The zero-order valence-electron chi connectivity index (χ0n) is 16.6. The maximum atomic E-state index is 12.7. The van der Waals surface area contributed by atoms with Crippen LogP contribution in [0.3, 0.4) is 0 Å². The van der Waals surface area contributed by atoms with E-state index in [1.165, 1.54) is 12.1 Å². The van der Waals surface area contributed by atoms with E-state index in [0.717, 1.165) is 34.2 Å². The van der Waals surface area contributed by atoms with Gasteiger partial charge in [-0.1, -0.05) is 6.07 Å². The SMILES string of the molecule is N#CCCn1cc(-c2ccc3[nH]cc(NC(=O)Nc4ccc(C(F)(F)F)cc4)c3c2)cn1. The third kappa shape index (κ3) is 4.57. The maximum absolute atomic E-state index is 12.7. The predicted octanol–water partition coefficient (Wildman–Crippen LogP) is 5.61. The Balaban J connectivity index is 1.49. The van der Waals surface area contributed by atoms with Gasteiger partial charge in [0.15, 0.2) is 0 Å². The van der Waals surface area contributed by atoms with Crippen LogP contribution in [-0.2, 0) is 12.7 Å². The van der Waals surface area contributed by atoms with Gasteiger partial charge >= 0.3 is 12.2 Å². The molecule has 0 radical (unpaired) electrons. The zero-order valence-corrected chi connectivity index (χ0v) is 16.6. The van der Waals surface area contributed by atoms with Gasteiger partial charge < -0.3 is 15.6 Å². The first-order valence-corrected chi connectivity index (χ1v) is 9.59. The van der Waals surface area contributed by atoms with E-state index in [0.29, 0.717) is 18.7 Å². The molecule has 0 saturated heterocycles. The Labute approximate surface area is 180 Å². The molecule has 2 heterocycles. The Morgan fingerprint density at radius 1 is 1.12 bits per heavy atom. The molecule has 4 aromatic rings. The number of carbonyl (C=O) groups excluding carboxylic acids is 1. The zero-order chi connectivity index (χ0) is 22.7. The van der Waals surface area contributed by atoms with E-state index in [1.807, 2.05) is 24.4 Å². The number of halogens is 3. The van der Waals surface area contributed by atoms with Gasteiger partial charge in [0.25, 0.3) is 0 Å². The summed E-state index contributed by atoms with van der Waals surface area (Å²) in [7, 11) is 0. The number of anilines is 2. The fourth-order valence-electron chi connectivity index (χ4n) is 3.23. The number of nitriles is 1. The number of nitrogens with zero attached hydrogens (tertiary/aromatic N) is 3. The van der Waals surface area contributed by atoms with E-state index in [2.05, 4.69) is 26.8 Å². The molecular formula is C22H17F3N6O. The second-order valence-corrected chi connectivity index (χ2v) is 7.02. The molecule has 7 nitrogen and oxygen atoms in total. The summed E-state index contributed by atoms with van der Waals surface area (Å²) in [5.41, 5.74) is 2.51. The molecule has 0 atom stereocenters. The third-order valence-corrected chi connectivity index (χ3v) is 4.82. The van der Waals surface area contributed by atoms with Crippen LogP contribution >= 0.6 is 0 Å². The van der Waals surface area contributed by atoms with Gasteiger partial charge in [-0.05, 0) is 42.0 Å². The van der Waals surface area contributed by atoms with Crippen molar-refractivity contribution in [2.75, 3.05) is 10.6 Å². The first-order valence-electron chi connectivity index (χ1n) is 9.59. The number of hydrogen-bond donors (Lipinski definition) is 3. The summed E-state index contributed by atoms with van der Waals surface area (Å²) < 4.78 is 39.7. The number of H-pyrrole nitrogens is 1. The summed E-state index contributed by atoms with van der Waals surface area (Å²) in [5.74, 6) is 0. The predicted molar refractivity (Wildman–Crippen MR) is 114 cm³/mol. The Kier molecular flexibility index (Phi) is 5.55. The van der Waals surface area contributed by atoms with Crippen LogP contribution in [-0.4, -0.2) is 20.8 Å². The number of urea groups is 1. The Morgan fingerprint density at radius 2 is 1.91 bits per heavy atom. The minimum Gasteiger partial charge on any atom is -0.359 e. The topological polar surface area (TPSA) is 98.5 Å². The first kappa shape index (κ1) is 21.0. The molecule has 3 N–H and O–H groups in total. The van der Waals surface area contributed by atoms with Crippen LogP contribution in [0, 0.1) is 11.3 Å². The number of rotatable bonds is 5. The molecule has 0 aliphatic heterocycles. The minimum atomic E-state index is -4.44. The van der Waals surface area contributed by atoms with Gasteiger partial charge in [0.05, 0.1) is 36.5 Å². The van der Waals surface area contributed by atoms with E-state index >= 15 is 0 Å². The van der Waals surface area contributed by atoms with E-state index in [-0.39, 0.29) is 5.69 Å². The van der Waals surface area contributed by atoms with Gasteiger partial charge in [0.1, 0.15) is 0 Å². The number of fused-ring (bicyclic) bond motifs is 1. The third-order valence-electron chi connectivity index (χ3n) is 4.82. The van der Waals surface area contributed by atoms with Crippen LogP contribution in [0.2, 0.25) is 0 Å². The van der Waals surface area contributed by atoms with Crippen molar-refractivity contribution >= 4 is 28.3 Å². The van der Waals surface area contributed by atoms with Crippen LogP contribution in [0.15, 0.2) is 61.1 Å². The van der Waals surface area contributed by atoms with Crippen molar-refractivity contribution in [3.8, 4) is 17.2 Å². The molecule has 10 heteroatoms. The number of aromatic nitrogens is 3. The molecule has 2 aromatic heterocycles. The van der Waals surface area contributed by atoms with Crippen LogP contribution in [0.1, 0.15) is 12.0 Å². The quantitative estimate of drug-likeness (QED) is 0.378. The maximum Gasteiger partial charge on any atom is 0.416 e. The molecule has 162 valence electrons. The van der Waals surface area contributed by atoms with E-state index in [1.54, 1.807) is 17.1 Å². The lowest BCUT2D eigenvalue weighted by molar-refractivity contribution is -0.137. The Bertz CT molecular complexity index is 1300. The summed E-state index contributed by atoms with van der Waals surface area (Å²) in [4.78, 5) is 15.4. The standard InChI is InChI=1S/C22H17F3N6O/c23-22(24,25)16-3-5-17(6-4-16)29-21(32)30-20-12-27-19-7-2-14(10-18(19)20)15-11-28-31(13-15)9-1-8-26/h2-7,10-13,27H,1,9H2,(H2,29,30,32).